The van der Waals surface area contributed by atoms with Crippen molar-refractivity contribution in [1.29, 1.82) is 0 Å². The van der Waals surface area contributed by atoms with Gasteiger partial charge >= 0.3 is 0 Å². The van der Waals surface area contributed by atoms with Gasteiger partial charge in [0.1, 0.15) is 0 Å². The molecule has 0 spiro atoms. The van der Waals surface area contributed by atoms with Gasteiger partial charge < -0.3 is 0 Å². The molecule has 0 radical (unpaired) electrons. The molecule has 0 amide bonds. The van der Waals surface area contributed by atoms with Gasteiger partial charge in [-0.15, -0.1) is 0 Å². The maximum atomic E-state index is 2.59. The molecule has 2 aliphatic carbocycles. The third-order valence-corrected chi connectivity index (χ3v) is 5.79. The van der Waals surface area contributed by atoms with E-state index in [1.165, 1.54) is 77.0 Å². The quantitative estimate of drug-likeness (QED) is 0.624. The van der Waals surface area contributed by atoms with Crippen LogP contribution in [-0.2, 0) is 25.7 Å². The van der Waals surface area contributed by atoms with E-state index in [0.717, 1.165) is 5.92 Å². The average molecular weight is 284 g/mol. The lowest BCUT2D eigenvalue weighted by atomic mass is 9.73. The Bertz CT molecular complexity index is 477. The highest BCUT2D eigenvalue weighted by Crippen LogP contribution is 2.41. The first-order valence-corrected chi connectivity index (χ1v) is 9.51. The molecule has 0 saturated heterocycles. The number of fused-ring (bicyclic) bond motifs is 1. The van der Waals surface area contributed by atoms with Gasteiger partial charge in [0.25, 0.3) is 0 Å². The zero-order chi connectivity index (χ0) is 14.7. The average Bonchev–Trinajstić information content (AvgIpc) is 2.55. The van der Waals surface area contributed by atoms with E-state index in [9.17, 15) is 0 Å². The largest absolute Gasteiger partial charge is 0.0651 e. The molecule has 0 unspecified atom stereocenters. The van der Waals surface area contributed by atoms with E-state index in [1.807, 2.05) is 5.56 Å². The molecule has 0 aromatic heterocycles. The van der Waals surface area contributed by atoms with Crippen LogP contribution in [0.4, 0.5) is 0 Å². The van der Waals surface area contributed by atoms with Crippen LogP contribution < -0.4 is 0 Å². The van der Waals surface area contributed by atoms with Crippen molar-refractivity contribution >= 4 is 0 Å². The van der Waals surface area contributed by atoms with Crippen LogP contribution in [0.15, 0.2) is 6.07 Å². The van der Waals surface area contributed by atoms with Crippen LogP contribution in [0, 0.1) is 0 Å². The van der Waals surface area contributed by atoms with Crippen LogP contribution in [0.1, 0.15) is 98.9 Å². The fourth-order valence-electron chi connectivity index (χ4n) is 4.79. The highest BCUT2D eigenvalue weighted by Gasteiger charge is 2.25. The lowest BCUT2D eigenvalue weighted by Crippen LogP contribution is -2.17. The number of hydrogen-bond donors (Lipinski definition) is 0. The van der Waals surface area contributed by atoms with E-state index in [4.69, 9.17) is 0 Å². The fourth-order valence-corrected chi connectivity index (χ4v) is 4.79. The van der Waals surface area contributed by atoms with Crippen molar-refractivity contribution in [1.82, 2.24) is 0 Å². The SMILES string of the molecule is CCCc1c(CC)cc2c(c1C1CCCCC1)CCCC2. The summed E-state index contributed by atoms with van der Waals surface area (Å²) >= 11 is 0. The van der Waals surface area contributed by atoms with Gasteiger partial charge in [-0.25, -0.2) is 0 Å². The second-order valence-electron chi connectivity index (χ2n) is 7.21. The van der Waals surface area contributed by atoms with Crippen molar-refractivity contribution in [3.05, 3.63) is 33.9 Å². The van der Waals surface area contributed by atoms with Gasteiger partial charge in [0.2, 0.25) is 0 Å². The summed E-state index contributed by atoms with van der Waals surface area (Å²) in [7, 11) is 0. The minimum atomic E-state index is 0.888. The topological polar surface area (TPSA) is 0 Å². The summed E-state index contributed by atoms with van der Waals surface area (Å²) in [6.45, 7) is 4.71. The Balaban J connectivity index is 2.10. The zero-order valence-electron chi connectivity index (χ0n) is 14.1. The molecule has 3 rings (SSSR count). The van der Waals surface area contributed by atoms with E-state index in [2.05, 4.69) is 19.9 Å². The van der Waals surface area contributed by atoms with E-state index in [0.29, 0.717) is 0 Å². The predicted octanol–water partition coefficient (Wildman–Crippen LogP) is 6.13. The third-order valence-electron chi connectivity index (χ3n) is 5.79. The molecule has 0 aliphatic heterocycles. The highest BCUT2D eigenvalue weighted by molar-refractivity contribution is 5.49. The van der Waals surface area contributed by atoms with Crippen LogP contribution in [0.2, 0.25) is 0 Å². The first-order valence-electron chi connectivity index (χ1n) is 9.51. The molecular formula is C21H32. The number of benzene rings is 1. The number of aryl methyl sites for hydroxylation is 2. The summed E-state index contributed by atoms with van der Waals surface area (Å²) in [5, 5.41) is 0. The van der Waals surface area contributed by atoms with Crippen LogP contribution in [0.25, 0.3) is 0 Å². The van der Waals surface area contributed by atoms with Crippen molar-refractivity contribution in [2.75, 3.05) is 0 Å². The first-order chi connectivity index (χ1) is 10.3. The van der Waals surface area contributed by atoms with E-state index < -0.39 is 0 Å². The molecule has 2 aliphatic rings. The smallest absolute Gasteiger partial charge is 0.0156 e. The van der Waals surface area contributed by atoms with Gasteiger partial charge in [0, 0.05) is 0 Å². The van der Waals surface area contributed by atoms with Crippen molar-refractivity contribution in [2.45, 2.75) is 96.8 Å². The molecule has 1 fully saturated rings. The van der Waals surface area contributed by atoms with E-state index >= 15 is 0 Å². The maximum absolute atomic E-state index is 2.59. The van der Waals surface area contributed by atoms with Crippen LogP contribution in [0.3, 0.4) is 0 Å². The maximum Gasteiger partial charge on any atom is -0.0156 e. The molecule has 0 atom stereocenters. The van der Waals surface area contributed by atoms with Gasteiger partial charge in [0.15, 0.2) is 0 Å². The summed E-state index contributed by atoms with van der Waals surface area (Å²) in [4.78, 5) is 0. The van der Waals surface area contributed by atoms with Gasteiger partial charge in [-0.3, -0.25) is 0 Å². The van der Waals surface area contributed by atoms with Crippen molar-refractivity contribution in [3.8, 4) is 0 Å². The van der Waals surface area contributed by atoms with Gasteiger partial charge in [0.05, 0.1) is 0 Å². The Morgan fingerprint density at radius 1 is 0.952 bits per heavy atom. The van der Waals surface area contributed by atoms with Gasteiger partial charge in [-0.05, 0) is 85.1 Å². The van der Waals surface area contributed by atoms with Crippen LogP contribution in [0.5, 0.6) is 0 Å². The minimum absolute atomic E-state index is 0.888. The van der Waals surface area contributed by atoms with Crippen molar-refractivity contribution in [3.63, 3.8) is 0 Å². The molecule has 0 bridgehead atoms. The van der Waals surface area contributed by atoms with Crippen molar-refractivity contribution < 1.29 is 0 Å². The summed E-state index contributed by atoms with van der Waals surface area (Å²) in [6, 6.07) is 2.59. The van der Waals surface area contributed by atoms with Crippen LogP contribution in [-0.4, -0.2) is 0 Å². The van der Waals surface area contributed by atoms with Gasteiger partial charge in [-0.2, -0.15) is 0 Å². The summed E-state index contributed by atoms with van der Waals surface area (Å²) in [5.41, 5.74) is 8.82. The van der Waals surface area contributed by atoms with Crippen LogP contribution >= 0.6 is 0 Å². The lowest BCUT2D eigenvalue weighted by molar-refractivity contribution is 0.437. The molecule has 1 aromatic carbocycles. The Hall–Kier alpha value is -0.780. The molecule has 116 valence electrons. The Morgan fingerprint density at radius 2 is 1.71 bits per heavy atom. The van der Waals surface area contributed by atoms with Gasteiger partial charge in [-0.1, -0.05) is 45.6 Å². The molecule has 21 heavy (non-hydrogen) atoms. The summed E-state index contributed by atoms with van der Waals surface area (Å²) in [5.74, 6) is 0.888. The Labute approximate surface area is 131 Å². The monoisotopic (exact) mass is 284 g/mol. The Morgan fingerprint density at radius 3 is 2.43 bits per heavy atom. The molecule has 0 heterocycles. The second-order valence-corrected chi connectivity index (χ2v) is 7.21. The predicted molar refractivity (Wildman–Crippen MR) is 92.3 cm³/mol. The molecular weight excluding hydrogens is 252 g/mol. The standard InChI is InChI=1S/C21H32/c1-3-10-19-16(4-2)15-18-13-8-9-14-20(18)21(19)17-11-6-5-7-12-17/h15,17H,3-14H2,1-2H3. The van der Waals surface area contributed by atoms with Crippen molar-refractivity contribution in [2.24, 2.45) is 0 Å². The highest BCUT2D eigenvalue weighted by atomic mass is 14.3. The zero-order valence-corrected chi connectivity index (χ0v) is 14.1. The molecule has 0 nitrogen and oxygen atoms in total. The van der Waals surface area contributed by atoms with E-state index in [-0.39, 0.29) is 0 Å². The molecule has 0 heteroatoms. The third kappa shape index (κ3) is 3.05. The molecule has 1 saturated carbocycles. The number of rotatable bonds is 4. The normalized spacial score (nSPS) is 19.5. The lowest BCUT2D eigenvalue weighted by Gasteiger charge is -2.32. The fraction of sp³-hybridized carbons (Fsp3) is 0.714. The molecule has 0 N–H and O–H groups in total. The summed E-state index contributed by atoms with van der Waals surface area (Å²) in [6.07, 6.45) is 16.7. The minimum Gasteiger partial charge on any atom is -0.0651 e. The van der Waals surface area contributed by atoms with E-state index in [1.54, 1.807) is 22.3 Å². The number of hydrogen-bond acceptors (Lipinski definition) is 0. The molecule has 1 aromatic rings. The summed E-state index contributed by atoms with van der Waals surface area (Å²) < 4.78 is 0. The Kier molecular flexibility index (Phi) is 5.03. The first kappa shape index (κ1) is 15.1. The second kappa shape index (κ2) is 6.99.